The lowest BCUT2D eigenvalue weighted by Crippen LogP contribution is -2.20. The minimum absolute atomic E-state index is 0.0770. The van der Waals surface area contributed by atoms with Gasteiger partial charge in [-0.3, -0.25) is 4.79 Å². The van der Waals surface area contributed by atoms with Gasteiger partial charge in [0.15, 0.2) is 5.78 Å². The van der Waals surface area contributed by atoms with Crippen LogP contribution < -0.4 is 0 Å². The molecule has 0 aromatic heterocycles. The number of allylic oxidation sites excluding steroid dienone is 2. The Balaban J connectivity index is 2.34. The molecule has 1 aliphatic heterocycles. The molecule has 0 N–H and O–H groups in total. The van der Waals surface area contributed by atoms with Gasteiger partial charge in [0.1, 0.15) is 0 Å². The van der Waals surface area contributed by atoms with E-state index >= 15 is 0 Å². The Bertz CT molecular complexity index is 431. The van der Waals surface area contributed by atoms with Gasteiger partial charge in [-0.15, -0.1) is 0 Å². The lowest BCUT2D eigenvalue weighted by Gasteiger charge is -2.14. The second-order valence-corrected chi connectivity index (χ2v) is 4.56. The SMILES string of the molecule is CC(=O)C1=CC2=C(CC#C1)CCCN(C)C2. The van der Waals surface area contributed by atoms with Gasteiger partial charge < -0.3 is 4.90 Å². The van der Waals surface area contributed by atoms with E-state index in [0.717, 1.165) is 25.9 Å². The molecule has 2 aliphatic rings. The first-order chi connectivity index (χ1) is 7.66. The van der Waals surface area contributed by atoms with Gasteiger partial charge in [0.2, 0.25) is 0 Å². The summed E-state index contributed by atoms with van der Waals surface area (Å²) in [7, 11) is 2.13. The summed E-state index contributed by atoms with van der Waals surface area (Å²) in [6.45, 7) is 3.66. The third-order valence-electron chi connectivity index (χ3n) is 3.14. The van der Waals surface area contributed by atoms with Crippen molar-refractivity contribution in [3.8, 4) is 11.8 Å². The third kappa shape index (κ3) is 2.43. The highest BCUT2D eigenvalue weighted by Gasteiger charge is 2.15. The number of likely N-dealkylation sites (N-methyl/N-ethyl adjacent to an activating group) is 1. The van der Waals surface area contributed by atoms with Crippen molar-refractivity contribution in [2.24, 2.45) is 0 Å². The standard InChI is InChI=1S/C14H17NO/c1-11(16)13-6-3-5-12-7-4-8-15(2)10-14(12)9-13/h9H,4-5,7-8,10H2,1-2H3. The number of rotatable bonds is 1. The molecule has 0 aromatic rings. The number of Topliss-reactive ketones (excluding diaryl/α,β-unsaturated/α-hetero) is 1. The predicted molar refractivity (Wildman–Crippen MR) is 64.9 cm³/mol. The number of carbonyl (C=O) groups excluding carboxylic acids is 1. The Morgan fingerprint density at radius 2 is 2.31 bits per heavy atom. The molecule has 84 valence electrons. The van der Waals surface area contributed by atoms with E-state index < -0.39 is 0 Å². The van der Waals surface area contributed by atoms with Gasteiger partial charge in [-0.2, -0.15) is 0 Å². The largest absolute Gasteiger partial charge is 0.302 e. The van der Waals surface area contributed by atoms with E-state index in [2.05, 4.69) is 23.8 Å². The first kappa shape index (κ1) is 11.2. The first-order valence-electron chi connectivity index (χ1n) is 5.78. The van der Waals surface area contributed by atoms with E-state index in [1.807, 2.05) is 6.08 Å². The molecule has 0 fully saturated rings. The monoisotopic (exact) mass is 215 g/mol. The summed E-state index contributed by atoms with van der Waals surface area (Å²) in [6.07, 6.45) is 5.15. The number of hydrogen-bond donors (Lipinski definition) is 0. The van der Waals surface area contributed by atoms with Crippen molar-refractivity contribution in [2.75, 3.05) is 20.1 Å². The van der Waals surface area contributed by atoms with Crippen molar-refractivity contribution in [1.29, 1.82) is 0 Å². The molecule has 1 aliphatic carbocycles. The lowest BCUT2D eigenvalue weighted by molar-refractivity contribution is -0.113. The molecule has 0 spiro atoms. The van der Waals surface area contributed by atoms with Crippen LogP contribution in [0.5, 0.6) is 0 Å². The van der Waals surface area contributed by atoms with Gasteiger partial charge in [0.05, 0.1) is 5.57 Å². The quantitative estimate of drug-likeness (QED) is 0.623. The zero-order chi connectivity index (χ0) is 11.5. The Hall–Kier alpha value is -1.33. The van der Waals surface area contributed by atoms with Crippen LogP contribution in [0.4, 0.5) is 0 Å². The lowest BCUT2D eigenvalue weighted by atomic mass is 10.0. The molecule has 0 unspecified atom stereocenters. The number of hydrogen-bond acceptors (Lipinski definition) is 2. The zero-order valence-electron chi connectivity index (χ0n) is 9.97. The summed E-state index contributed by atoms with van der Waals surface area (Å²) in [5.41, 5.74) is 3.39. The highest BCUT2D eigenvalue weighted by atomic mass is 16.1. The van der Waals surface area contributed by atoms with Crippen LogP contribution in [0.2, 0.25) is 0 Å². The van der Waals surface area contributed by atoms with Gasteiger partial charge in [0.25, 0.3) is 0 Å². The van der Waals surface area contributed by atoms with Crippen LogP contribution in [-0.4, -0.2) is 30.8 Å². The molecule has 0 radical (unpaired) electrons. The van der Waals surface area contributed by atoms with Crippen LogP contribution >= 0.6 is 0 Å². The maximum atomic E-state index is 11.4. The molecule has 0 aromatic carbocycles. The van der Waals surface area contributed by atoms with Crippen molar-refractivity contribution in [3.63, 3.8) is 0 Å². The van der Waals surface area contributed by atoms with E-state index in [-0.39, 0.29) is 5.78 Å². The minimum Gasteiger partial charge on any atom is -0.302 e. The Morgan fingerprint density at radius 3 is 3.06 bits per heavy atom. The third-order valence-corrected chi connectivity index (χ3v) is 3.14. The first-order valence-corrected chi connectivity index (χ1v) is 5.78. The zero-order valence-corrected chi connectivity index (χ0v) is 9.97. The fraction of sp³-hybridized carbons (Fsp3) is 0.500. The topological polar surface area (TPSA) is 20.3 Å². The predicted octanol–water partition coefficient (Wildman–Crippen LogP) is 1.93. The van der Waals surface area contributed by atoms with Gasteiger partial charge >= 0.3 is 0 Å². The fourth-order valence-electron chi connectivity index (χ4n) is 2.20. The molecule has 2 nitrogen and oxygen atoms in total. The number of nitrogens with zero attached hydrogens (tertiary/aromatic N) is 1. The Morgan fingerprint density at radius 1 is 1.50 bits per heavy atom. The summed E-state index contributed by atoms with van der Waals surface area (Å²) < 4.78 is 0. The smallest absolute Gasteiger partial charge is 0.168 e. The van der Waals surface area contributed by atoms with Crippen LogP contribution in [0.15, 0.2) is 22.8 Å². The molecule has 2 rings (SSSR count). The van der Waals surface area contributed by atoms with E-state index in [0.29, 0.717) is 5.57 Å². The molecule has 2 heteroatoms. The summed E-state index contributed by atoms with van der Waals surface area (Å²) in [4.78, 5) is 13.7. The van der Waals surface area contributed by atoms with Gasteiger partial charge in [0, 0.05) is 13.0 Å². The summed E-state index contributed by atoms with van der Waals surface area (Å²) in [5.74, 6) is 6.16. The fourth-order valence-corrected chi connectivity index (χ4v) is 2.20. The van der Waals surface area contributed by atoms with Gasteiger partial charge in [-0.1, -0.05) is 17.4 Å². The van der Waals surface area contributed by atoms with Crippen molar-refractivity contribution >= 4 is 5.78 Å². The molecule has 16 heavy (non-hydrogen) atoms. The Labute approximate surface area is 97.0 Å². The van der Waals surface area contributed by atoms with E-state index in [1.165, 1.54) is 17.6 Å². The summed E-state index contributed by atoms with van der Waals surface area (Å²) >= 11 is 0. The summed E-state index contributed by atoms with van der Waals surface area (Å²) in [5, 5.41) is 0. The molecule has 0 atom stereocenters. The van der Waals surface area contributed by atoms with Gasteiger partial charge in [-0.05, 0) is 45.0 Å². The molecule has 1 heterocycles. The van der Waals surface area contributed by atoms with Gasteiger partial charge in [-0.25, -0.2) is 0 Å². The average molecular weight is 215 g/mol. The second kappa shape index (κ2) is 4.67. The van der Waals surface area contributed by atoms with E-state index in [4.69, 9.17) is 0 Å². The molecular formula is C14H17NO. The second-order valence-electron chi connectivity index (χ2n) is 4.56. The van der Waals surface area contributed by atoms with Crippen LogP contribution in [0.3, 0.4) is 0 Å². The average Bonchev–Trinajstić information content (AvgIpc) is 2.49. The van der Waals surface area contributed by atoms with E-state index in [1.54, 1.807) is 6.92 Å². The normalized spacial score (nSPS) is 21.2. The number of ketones is 1. The molecular weight excluding hydrogens is 198 g/mol. The minimum atomic E-state index is 0.0770. The molecule has 0 amide bonds. The highest BCUT2D eigenvalue weighted by molar-refractivity contribution is 5.98. The maximum Gasteiger partial charge on any atom is 0.168 e. The van der Waals surface area contributed by atoms with Crippen molar-refractivity contribution < 1.29 is 4.79 Å². The molecule has 0 saturated carbocycles. The van der Waals surface area contributed by atoms with Crippen LogP contribution in [0.1, 0.15) is 26.2 Å². The summed E-state index contributed by atoms with van der Waals surface area (Å²) in [6, 6.07) is 0. The maximum absolute atomic E-state index is 11.4. The van der Waals surface area contributed by atoms with Crippen molar-refractivity contribution in [3.05, 3.63) is 22.8 Å². The Kier molecular flexibility index (Phi) is 3.26. The van der Waals surface area contributed by atoms with Crippen LogP contribution in [0, 0.1) is 11.8 Å². The van der Waals surface area contributed by atoms with Crippen LogP contribution in [-0.2, 0) is 4.79 Å². The van der Waals surface area contributed by atoms with Crippen LogP contribution in [0.25, 0.3) is 0 Å². The van der Waals surface area contributed by atoms with Crippen molar-refractivity contribution in [1.82, 2.24) is 4.90 Å². The number of carbonyl (C=O) groups is 1. The van der Waals surface area contributed by atoms with Crippen molar-refractivity contribution in [2.45, 2.75) is 26.2 Å². The molecule has 0 bridgehead atoms. The highest BCUT2D eigenvalue weighted by Crippen LogP contribution is 2.23. The van der Waals surface area contributed by atoms with E-state index in [9.17, 15) is 4.79 Å². The molecule has 0 saturated heterocycles.